The lowest BCUT2D eigenvalue weighted by molar-refractivity contribution is -0.111. The SMILES string of the molecule is COc1ccc(NC(=O)/C=C/c2ccsc2)cc1N1CCN(C)CC1. The number of ether oxygens (including phenoxy) is 1. The van der Waals surface area contributed by atoms with E-state index in [4.69, 9.17) is 4.74 Å². The second-order valence-electron chi connectivity index (χ2n) is 6.06. The number of hydrogen-bond donors (Lipinski definition) is 1. The molecule has 0 unspecified atom stereocenters. The molecule has 1 N–H and O–H groups in total. The minimum atomic E-state index is -0.138. The molecule has 0 radical (unpaired) electrons. The maximum absolute atomic E-state index is 12.1. The van der Waals surface area contributed by atoms with Crippen molar-refractivity contribution in [1.82, 2.24) is 4.90 Å². The third-order valence-electron chi connectivity index (χ3n) is 4.26. The number of carbonyl (C=O) groups excluding carboxylic acids is 1. The number of piperazine rings is 1. The number of likely N-dealkylation sites (N-methyl/N-ethyl adjacent to an activating group) is 1. The fraction of sp³-hybridized carbons (Fsp3) is 0.316. The topological polar surface area (TPSA) is 44.8 Å². The Kier molecular flexibility index (Phi) is 5.73. The molecule has 0 saturated carbocycles. The highest BCUT2D eigenvalue weighted by atomic mass is 32.1. The minimum Gasteiger partial charge on any atom is -0.495 e. The van der Waals surface area contributed by atoms with Crippen molar-refractivity contribution in [2.75, 3.05) is 50.6 Å². The Morgan fingerprint density at radius 1 is 1.24 bits per heavy atom. The van der Waals surface area contributed by atoms with Crippen molar-refractivity contribution < 1.29 is 9.53 Å². The summed E-state index contributed by atoms with van der Waals surface area (Å²) in [5.74, 6) is 0.692. The third kappa shape index (κ3) is 4.61. The maximum Gasteiger partial charge on any atom is 0.248 e. The van der Waals surface area contributed by atoms with Crippen LogP contribution in [-0.4, -0.2) is 51.1 Å². The normalized spacial score (nSPS) is 15.5. The molecule has 1 aliphatic rings. The van der Waals surface area contributed by atoms with Gasteiger partial charge in [0.05, 0.1) is 12.8 Å². The first-order valence-electron chi connectivity index (χ1n) is 8.28. The number of hydrogen-bond acceptors (Lipinski definition) is 5. The fourth-order valence-corrected chi connectivity index (χ4v) is 3.42. The average molecular weight is 357 g/mol. The average Bonchev–Trinajstić information content (AvgIpc) is 3.14. The predicted molar refractivity (Wildman–Crippen MR) is 105 cm³/mol. The number of nitrogens with zero attached hydrogens (tertiary/aromatic N) is 2. The molecule has 5 nitrogen and oxygen atoms in total. The quantitative estimate of drug-likeness (QED) is 0.835. The summed E-state index contributed by atoms with van der Waals surface area (Å²) in [6.07, 6.45) is 3.37. The van der Waals surface area contributed by atoms with Gasteiger partial charge >= 0.3 is 0 Å². The molecule has 1 aromatic carbocycles. The standard InChI is InChI=1S/C19H23N3O2S/c1-21-8-10-22(11-9-21)17-13-16(4-5-18(17)24-2)20-19(23)6-3-15-7-12-25-14-15/h3-7,12-14H,8-11H2,1-2H3,(H,20,23)/b6-3+. The van der Waals surface area contributed by atoms with Gasteiger partial charge in [-0.25, -0.2) is 0 Å². The molecular weight excluding hydrogens is 334 g/mol. The molecule has 25 heavy (non-hydrogen) atoms. The number of rotatable bonds is 5. The summed E-state index contributed by atoms with van der Waals surface area (Å²) >= 11 is 1.61. The molecule has 3 rings (SSSR count). The number of nitrogens with one attached hydrogen (secondary N) is 1. The molecule has 1 amide bonds. The van der Waals surface area contributed by atoms with Crippen LogP contribution in [0.5, 0.6) is 5.75 Å². The summed E-state index contributed by atoms with van der Waals surface area (Å²) in [5.41, 5.74) is 2.83. The van der Waals surface area contributed by atoms with Gasteiger partial charge in [-0.15, -0.1) is 0 Å². The highest BCUT2D eigenvalue weighted by molar-refractivity contribution is 7.08. The summed E-state index contributed by atoms with van der Waals surface area (Å²) in [7, 11) is 3.81. The molecule has 6 heteroatoms. The Balaban J connectivity index is 1.71. The van der Waals surface area contributed by atoms with E-state index in [0.717, 1.165) is 48.9 Å². The molecule has 1 fully saturated rings. The van der Waals surface area contributed by atoms with Gasteiger partial charge in [0, 0.05) is 37.9 Å². The maximum atomic E-state index is 12.1. The van der Waals surface area contributed by atoms with Gasteiger partial charge in [-0.2, -0.15) is 11.3 Å². The van der Waals surface area contributed by atoms with Crippen LogP contribution in [0.3, 0.4) is 0 Å². The molecule has 1 aromatic heterocycles. The van der Waals surface area contributed by atoms with Crippen LogP contribution in [-0.2, 0) is 4.79 Å². The van der Waals surface area contributed by atoms with Crippen LogP contribution >= 0.6 is 11.3 Å². The molecule has 1 saturated heterocycles. The van der Waals surface area contributed by atoms with Crippen LogP contribution < -0.4 is 15.0 Å². The van der Waals surface area contributed by atoms with Crippen molar-refractivity contribution in [2.24, 2.45) is 0 Å². The number of carbonyl (C=O) groups is 1. The van der Waals surface area contributed by atoms with Crippen LogP contribution in [0.2, 0.25) is 0 Å². The van der Waals surface area contributed by atoms with E-state index in [1.165, 1.54) is 0 Å². The first-order valence-corrected chi connectivity index (χ1v) is 9.23. The summed E-state index contributed by atoms with van der Waals surface area (Å²) < 4.78 is 5.50. The zero-order valence-corrected chi connectivity index (χ0v) is 15.4. The van der Waals surface area contributed by atoms with Crippen LogP contribution in [0.15, 0.2) is 41.1 Å². The number of thiophene rings is 1. The van der Waals surface area contributed by atoms with Crippen LogP contribution in [0.4, 0.5) is 11.4 Å². The zero-order valence-electron chi connectivity index (χ0n) is 14.6. The number of anilines is 2. The molecule has 0 spiro atoms. The van der Waals surface area contributed by atoms with E-state index in [1.54, 1.807) is 24.5 Å². The van der Waals surface area contributed by atoms with Crippen molar-refractivity contribution >= 4 is 34.7 Å². The zero-order chi connectivity index (χ0) is 17.6. The van der Waals surface area contributed by atoms with Crippen molar-refractivity contribution in [1.29, 1.82) is 0 Å². The Morgan fingerprint density at radius 2 is 2.04 bits per heavy atom. The molecular formula is C19H23N3O2S. The Bertz CT molecular complexity index is 735. The van der Waals surface area contributed by atoms with E-state index in [-0.39, 0.29) is 5.91 Å². The highest BCUT2D eigenvalue weighted by Gasteiger charge is 2.18. The lowest BCUT2D eigenvalue weighted by Gasteiger charge is -2.34. The summed E-state index contributed by atoms with van der Waals surface area (Å²) in [6, 6.07) is 7.74. The van der Waals surface area contributed by atoms with Crippen LogP contribution in [0, 0.1) is 0 Å². The molecule has 0 atom stereocenters. The van der Waals surface area contributed by atoms with E-state index in [1.807, 2.05) is 41.1 Å². The summed E-state index contributed by atoms with van der Waals surface area (Å²) in [4.78, 5) is 16.8. The van der Waals surface area contributed by atoms with Gasteiger partial charge in [0.25, 0.3) is 0 Å². The first kappa shape index (κ1) is 17.5. The van der Waals surface area contributed by atoms with Crippen molar-refractivity contribution in [3.05, 3.63) is 46.7 Å². The lowest BCUT2D eigenvalue weighted by Crippen LogP contribution is -2.44. The monoisotopic (exact) mass is 357 g/mol. The fourth-order valence-electron chi connectivity index (χ4n) is 2.79. The van der Waals surface area contributed by atoms with Gasteiger partial charge in [0.15, 0.2) is 0 Å². The van der Waals surface area contributed by atoms with Gasteiger partial charge < -0.3 is 19.9 Å². The van der Waals surface area contributed by atoms with Crippen LogP contribution in [0.1, 0.15) is 5.56 Å². The van der Waals surface area contributed by atoms with Crippen molar-refractivity contribution in [3.63, 3.8) is 0 Å². The molecule has 0 aliphatic carbocycles. The molecule has 2 aromatic rings. The van der Waals surface area contributed by atoms with Crippen molar-refractivity contribution in [3.8, 4) is 5.75 Å². The van der Waals surface area contributed by atoms with Crippen molar-refractivity contribution in [2.45, 2.75) is 0 Å². The predicted octanol–water partition coefficient (Wildman–Crippen LogP) is 3.16. The Hall–Kier alpha value is -2.31. The number of benzene rings is 1. The summed E-state index contributed by atoms with van der Waals surface area (Å²) in [6.45, 7) is 3.93. The molecule has 1 aliphatic heterocycles. The van der Waals surface area contributed by atoms with Gasteiger partial charge in [-0.05, 0) is 53.7 Å². The highest BCUT2D eigenvalue weighted by Crippen LogP contribution is 2.32. The minimum absolute atomic E-state index is 0.138. The van der Waals surface area contributed by atoms with E-state index >= 15 is 0 Å². The van der Waals surface area contributed by atoms with E-state index in [9.17, 15) is 4.79 Å². The van der Waals surface area contributed by atoms with E-state index in [0.29, 0.717) is 0 Å². The Labute approximate surface area is 152 Å². The second-order valence-corrected chi connectivity index (χ2v) is 6.84. The molecule has 2 heterocycles. The van der Waals surface area contributed by atoms with Gasteiger partial charge in [0.2, 0.25) is 5.91 Å². The largest absolute Gasteiger partial charge is 0.495 e. The Morgan fingerprint density at radius 3 is 2.72 bits per heavy atom. The number of amides is 1. The lowest BCUT2D eigenvalue weighted by atomic mass is 10.2. The van der Waals surface area contributed by atoms with Gasteiger partial charge in [-0.1, -0.05) is 0 Å². The smallest absolute Gasteiger partial charge is 0.248 e. The molecule has 0 bridgehead atoms. The van der Waals surface area contributed by atoms with Gasteiger partial charge in [0.1, 0.15) is 5.75 Å². The summed E-state index contributed by atoms with van der Waals surface area (Å²) in [5, 5.41) is 6.92. The van der Waals surface area contributed by atoms with Crippen LogP contribution in [0.25, 0.3) is 6.08 Å². The number of methoxy groups -OCH3 is 1. The second kappa shape index (κ2) is 8.18. The van der Waals surface area contributed by atoms with E-state index < -0.39 is 0 Å². The third-order valence-corrected chi connectivity index (χ3v) is 4.96. The first-order chi connectivity index (χ1) is 12.2. The van der Waals surface area contributed by atoms with E-state index in [2.05, 4.69) is 22.2 Å². The van der Waals surface area contributed by atoms with Gasteiger partial charge in [-0.3, -0.25) is 4.79 Å². The molecule has 132 valence electrons.